The molecule has 0 radical (unpaired) electrons. The molecule has 76 valence electrons. The van der Waals surface area contributed by atoms with Crippen LogP contribution in [0.3, 0.4) is 0 Å². The van der Waals surface area contributed by atoms with E-state index in [0.29, 0.717) is 0 Å². The minimum absolute atomic E-state index is 0.433. The van der Waals surface area contributed by atoms with Crippen molar-refractivity contribution < 1.29 is 19.1 Å². The van der Waals surface area contributed by atoms with E-state index in [4.69, 9.17) is 0 Å². The minimum Gasteiger partial charge on any atom is -0.507 e. The number of hydroxylamine groups is 2. The number of carbonyl (C=O) groups is 1. The number of halogens is 1. The van der Waals surface area contributed by atoms with E-state index in [-0.39, 0.29) is 0 Å². The first-order valence-electron chi connectivity index (χ1n) is 3.89. The SMILES string of the molecule is CN(C)OC(=O)c1c(O)cccc1F. The van der Waals surface area contributed by atoms with Crippen molar-refractivity contribution in [3.8, 4) is 5.75 Å². The molecule has 0 aliphatic rings. The maximum Gasteiger partial charge on any atom is 0.363 e. The first kappa shape index (κ1) is 10.5. The van der Waals surface area contributed by atoms with Gasteiger partial charge in [0.25, 0.3) is 0 Å². The Morgan fingerprint density at radius 2 is 2.14 bits per heavy atom. The van der Waals surface area contributed by atoms with Gasteiger partial charge in [-0.25, -0.2) is 9.18 Å². The third-order valence-corrected chi connectivity index (χ3v) is 1.46. The molecule has 1 rings (SSSR count). The zero-order valence-electron chi connectivity index (χ0n) is 7.82. The number of benzene rings is 1. The van der Waals surface area contributed by atoms with Gasteiger partial charge in [0.1, 0.15) is 17.1 Å². The molecule has 5 heteroatoms. The third-order valence-electron chi connectivity index (χ3n) is 1.46. The summed E-state index contributed by atoms with van der Waals surface area (Å²) in [6.07, 6.45) is 0. The number of carbonyl (C=O) groups excluding carboxylic acids is 1. The summed E-state index contributed by atoms with van der Waals surface area (Å²) in [5.41, 5.74) is -0.457. The van der Waals surface area contributed by atoms with Crippen LogP contribution in [-0.2, 0) is 4.84 Å². The molecule has 0 saturated carbocycles. The molecule has 4 nitrogen and oxygen atoms in total. The van der Waals surface area contributed by atoms with Gasteiger partial charge in [-0.05, 0) is 12.1 Å². The first-order chi connectivity index (χ1) is 6.52. The summed E-state index contributed by atoms with van der Waals surface area (Å²) in [7, 11) is 2.96. The average molecular weight is 199 g/mol. The van der Waals surface area contributed by atoms with E-state index in [0.717, 1.165) is 11.1 Å². The zero-order valence-corrected chi connectivity index (χ0v) is 7.82. The summed E-state index contributed by atoms with van der Waals surface area (Å²) in [5.74, 6) is -2.17. The smallest absolute Gasteiger partial charge is 0.363 e. The Morgan fingerprint density at radius 3 is 2.64 bits per heavy atom. The molecular weight excluding hydrogens is 189 g/mol. The molecule has 0 spiro atoms. The Labute approximate surface area is 80.5 Å². The molecule has 1 N–H and O–H groups in total. The molecule has 0 heterocycles. The van der Waals surface area contributed by atoms with Gasteiger partial charge in [0.05, 0.1) is 0 Å². The van der Waals surface area contributed by atoms with Crippen LogP contribution in [0.15, 0.2) is 18.2 Å². The number of phenolic OH excluding ortho intramolecular Hbond substituents is 1. The van der Waals surface area contributed by atoms with Crippen LogP contribution in [-0.4, -0.2) is 30.2 Å². The number of rotatable bonds is 2. The van der Waals surface area contributed by atoms with Gasteiger partial charge in [-0.1, -0.05) is 6.07 Å². The van der Waals surface area contributed by atoms with E-state index in [9.17, 15) is 14.3 Å². The highest BCUT2D eigenvalue weighted by Gasteiger charge is 2.18. The molecule has 0 saturated heterocycles. The number of hydrogen-bond acceptors (Lipinski definition) is 4. The number of phenols is 1. The van der Waals surface area contributed by atoms with Gasteiger partial charge in [0.2, 0.25) is 0 Å². The quantitative estimate of drug-likeness (QED) is 0.726. The molecule has 0 aliphatic carbocycles. The summed E-state index contributed by atoms with van der Waals surface area (Å²) in [6, 6.07) is 3.60. The van der Waals surface area contributed by atoms with E-state index in [1.165, 1.54) is 26.2 Å². The molecule has 0 atom stereocenters. The molecule has 0 aromatic heterocycles. The first-order valence-corrected chi connectivity index (χ1v) is 3.89. The second-order valence-electron chi connectivity index (χ2n) is 2.83. The molecule has 0 unspecified atom stereocenters. The molecule has 0 amide bonds. The van der Waals surface area contributed by atoms with Crippen molar-refractivity contribution in [1.29, 1.82) is 0 Å². The van der Waals surface area contributed by atoms with Gasteiger partial charge >= 0.3 is 5.97 Å². The van der Waals surface area contributed by atoms with Crippen molar-refractivity contribution in [1.82, 2.24) is 5.06 Å². The van der Waals surface area contributed by atoms with Crippen LogP contribution >= 0.6 is 0 Å². The van der Waals surface area contributed by atoms with Crippen LogP contribution in [0, 0.1) is 5.82 Å². The fourth-order valence-electron chi connectivity index (χ4n) is 0.926. The summed E-state index contributed by atoms with van der Waals surface area (Å²) in [4.78, 5) is 15.8. The Hall–Kier alpha value is -1.62. The fraction of sp³-hybridized carbons (Fsp3) is 0.222. The lowest BCUT2D eigenvalue weighted by Gasteiger charge is -2.10. The topological polar surface area (TPSA) is 49.8 Å². The number of hydrogen-bond donors (Lipinski definition) is 1. The average Bonchev–Trinajstić information content (AvgIpc) is 2.01. The van der Waals surface area contributed by atoms with Gasteiger partial charge in [-0.2, -0.15) is 0 Å². The highest BCUT2D eigenvalue weighted by atomic mass is 19.1. The van der Waals surface area contributed by atoms with Crippen molar-refractivity contribution in [2.45, 2.75) is 0 Å². The lowest BCUT2D eigenvalue weighted by Crippen LogP contribution is -2.19. The van der Waals surface area contributed by atoms with E-state index < -0.39 is 23.1 Å². The molecular formula is C9H10FNO3. The number of nitrogens with zero attached hydrogens (tertiary/aromatic N) is 1. The second kappa shape index (κ2) is 4.06. The molecule has 14 heavy (non-hydrogen) atoms. The highest BCUT2D eigenvalue weighted by Crippen LogP contribution is 2.20. The summed E-state index contributed by atoms with van der Waals surface area (Å²) < 4.78 is 13.1. The van der Waals surface area contributed by atoms with Crippen molar-refractivity contribution in [3.05, 3.63) is 29.6 Å². The Morgan fingerprint density at radius 1 is 1.50 bits per heavy atom. The second-order valence-corrected chi connectivity index (χ2v) is 2.83. The van der Waals surface area contributed by atoms with Crippen LogP contribution in [0.4, 0.5) is 4.39 Å². The lowest BCUT2D eigenvalue weighted by molar-refractivity contribution is -0.0718. The van der Waals surface area contributed by atoms with Crippen molar-refractivity contribution >= 4 is 5.97 Å². The van der Waals surface area contributed by atoms with Crippen LogP contribution in [0.5, 0.6) is 5.75 Å². The molecule has 0 bridgehead atoms. The van der Waals surface area contributed by atoms with Gasteiger partial charge in [0.15, 0.2) is 0 Å². The predicted molar refractivity (Wildman–Crippen MR) is 47.2 cm³/mol. The fourth-order valence-corrected chi connectivity index (χ4v) is 0.926. The van der Waals surface area contributed by atoms with Gasteiger partial charge in [-0.3, -0.25) is 0 Å². The molecule has 1 aromatic carbocycles. The maximum absolute atomic E-state index is 13.1. The van der Waals surface area contributed by atoms with Gasteiger partial charge < -0.3 is 9.94 Å². The minimum atomic E-state index is -0.925. The normalized spacial score (nSPS) is 10.3. The van der Waals surface area contributed by atoms with E-state index in [2.05, 4.69) is 4.84 Å². The molecule has 1 aromatic rings. The maximum atomic E-state index is 13.1. The summed E-state index contributed by atoms with van der Waals surface area (Å²) in [6.45, 7) is 0. The highest BCUT2D eigenvalue weighted by molar-refractivity contribution is 5.92. The van der Waals surface area contributed by atoms with E-state index >= 15 is 0 Å². The monoisotopic (exact) mass is 199 g/mol. The molecule has 0 fully saturated rings. The lowest BCUT2D eigenvalue weighted by atomic mass is 10.2. The van der Waals surface area contributed by atoms with Crippen LogP contribution in [0.25, 0.3) is 0 Å². The van der Waals surface area contributed by atoms with E-state index in [1.54, 1.807) is 0 Å². The standard InChI is InChI=1S/C9H10FNO3/c1-11(2)14-9(13)8-6(10)4-3-5-7(8)12/h3-5,12H,1-2H3. The number of aromatic hydroxyl groups is 1. The van der Waals surface area contributed by atoms with Crippen LogP contribution in [0.1, 0.15) is 10.4 Å². The van der Waals surface area contributed by atoms with E-state index in [1.807, 2.05) is 0 Å². The van der Waals surface area contributed by atoms with Gasteiger partial charge in [0, 0.05) is 14.1 Å². The summed E-state index contributed by atoms with van der Waals surface area (Å²) in [5, 5.41) is 10.3. The Bertz CT molecular complexity index is 332. The Balaban J connectivity index is 3.00. The summed E-state index contributed by atoms with van der Waals surface area (Å²) >= 11 is 0. The zero-order chi connectivity index (χ0) is 10.7. The van der Waals surface area contributed by atoms with Crippen molar-refractivity contribution in [2.24, 2.45) is 0 Å². The Kier molecular flexibility index (Phi) is 3.03. The largest absolute Gasteiger partial charge is 0.507 e. The van der Waals surface area contributed by atoms with Crippen molar-refractivity contribution in [2.75, 3.05) is 14.1 Å². The third kappa shape index (κ3) is 2.20. The predicted octanol–water partition coefficient (Wildman–Crippen LogP) is 1.16. The van der Waals surface area contributed by atoms with Gasteiger partial charge in [-0.15, -0.1) is 5.06 Å². The molecule has 0 aliphatic heterocycles. The van der Waals surface area contributed by atoms with Crippen LogP contribution < -0.4 is 0 Å². The van der Waals surface area contributed by atoms with Crippen molar-refractivity contribution in [3.63, 3.8) is 0 Å². The van der Waals surface area contributed by atoms with Crippen LogP contribution in [0.2, 0.25) is 0 Å².